The van der Waals surface area contributed by atoms with Crippen LogP contribution in [0.1, 0.15) is 19.4 Å². The maximum absolute atomic E-state index is 13.3. The highest BCUT2D eigenvalue weighted by molar-refractivity contribution is 9.10. The first-order chi connectivity index (χ1) is 7.41. The average Bonchev–Trinajstić information content (AvgIpc) is 2.22. The molecule has 0 fully saturated rings. The molecule has 0 spiro atoms. The molecule has 0 aliphatic carbocycles. The number of carbonyl (C=O) groups is 1. The summed E-state index contributed by atoms with van der Waals surface area (Å²) in [6.45, 7) is 3.55. The quantitative estimate of drug-likeness (QED) is 0.776. The fourth-order valence-electron chi connectivity index (χ4n) is 1.36. The molecule has 1 atom stereocenters. The van der Waals surface area contributed by atoms with Crippen LogP contribution in [0.4, 0.5) is 8.78 Å². The number of rotatable bonds is 4. The number of carbonyl (C=O) groups excluding carboxylic acids is 1. The first kappa shape index (κ1) is 13.3. The third kappa shape index (κ3) is 3.37. The zero-order valence-corrected chi connectivity index (χ0v) is 10.7. The van der Waals surface area contributed by atoms with Crippen molar-refractivity contribution in [2.75, 3.05) is 0 Å². The molecule has 1 nitrogen and oxygen atoms in total. The van der Waals surface area contributed by atoms with Crippen molar-refractivity contribution in [1.29, 1.82) is 0 Å². The molecule has 1 rings (SSSR count). The van der Waals surface area contributed by atoms with E-state index in [1.54, 1.807) is 13.8 Å². The molecule has 0 aromatic heterocycles. The molecule has 0 aliphatic rings. The van der Waals surface area contributed by atoms with Crippen molar-refractivity contribution >= 4 is 21.7 Å². The number of alkyl halides is 1. The smallest absolute Gasteiger partial charge is 0.149 e. The summed E-state index contributed by atoms with van der Waals surface area (Å²) in [6, 6.07) is 3.26. The highest BCUT2D eigenvalue weighted by Crippen LogP contribution is 2.18. The predicted molar refractivity (Wildman–Crippen MR) is 62.6 cm³/mol. The molecule has 88 valence electrons. The van der Waals surface area contributed by atoms with Crippen molar-refractivity contribution in [3.05, 3.63) is 35.4 Å². The Labute approximate surface area is 102 Å². The molecule has 16 heavy (non-hydrogen) atoms. The summed E-state index contributed by atoms with van der Waals surface area (Å²) in [6.07, 6.45) is 0.167. The molecule has 0 saturated carbocycles. The Kier molecular flexibility index (Phi) is 4.59. The summed E-state index contributed by atoms with van der Waals surface area (Å²) >= 11 is 3.20. The van der Waals surface area contributed by atoms with Gasteiger partial charge in [-0.2, -0.15) is 0 Å². The lowest BCUT2D eigenvalue weighted by molar-refractivity contribution is -0.121. The van der Waals surface area contributed by atoms with Gasteiger partial charge in [0.15, 0.2) is 0 Å². The van der Waals surface area contributed by atoms with Crippen molar-refractivity contribution < 1.29 is 13.6 Å². The Morgan fingerprint density at radius 2 is 2.00 bits per heavy atom. The van der Waals surface area contributed by atoms with Gasteiger partial charge in [0.05, 0.1) is 4.83 Å². The third-order valence-corrected chi connectivity index (χ3v) is 3.06. The molecule has 4 heteroatoms. The van der Waals surface area contributed by atoms with Crippen LogP contribution in [-0.2, 0) is 11.2 Å². The normalized spacial score (nSPS) is 12.9. The van der Waals surface area contributed by atoms with Crippen LogP contribution < -0.4 is 0 Å². The first-order valence-corrected chi connectivity index (χ1v) is 5.95. The van der Waals surface area contributed by atoms with Crippen molar-refractivity contribution in [3.8, 4) is 0 Å². The van der Waals surface area contributed by atoms with Crippen LogP contribution in [0.3, 0.4) is 0 Å². The van der Waals surface area contributed by atoms with E-state index in [9.17, 15) is 13.6 Å². The Hall–Kier alpha value is -0.770. The van der Waals surface area contributed by atoms with Gasteiger partial charge in [-0.1, -0.05) is 29.8 Å². The number of halogens is 3. The molecule has 0 bridgehead atoms. The molecule has 0 heterocycles. The van der Waals surface area contributed by atoms with E-state index in [0.29, 0.717) is 0 Å². The number of benzene rings is 1. The second-order valence-corrected chi connectivity index (χ2v) is 5.07. The summed E-state index contributed by atoms with van der Waals surface area (Å²) in [4.78, 5) is 11.1. The summed E-state index contributed by atoms with van der Waals surface area (Å²) in [5, 5.41) is 0. The summed E-state index contributed by atoms with van der Waals surface area (Å²) in [5.74, 6) is -1.11. The van der Waals surface area contributed by atoms with Gasteiger partial charge in [-0.15, -0.1) is 0 Å². The van der Waals surface area contributed by atoms with Crippen molar-refractivity contribution in [2.45, 2.75) is 25.1 Å². The summed E-state index contributed by atoms with van der Waals surface area (Å²) < 4.78 is 26.2. The molecular formula is C12H13BrF2O. The monoisotopic (exact) mass is 290 g/mol. The second kappa shape index (κ2) is 5.53. The highest BCUT2D eigenvalue weighted by Gasteiger charge is 2.20. The zero-order chi connectivity index (χ0) is 12.3. The van der Waals surface area contributed by atoms with E-state index in [2.05, 4.69) is 15.9 Å². The van der Waals surface area contributed by atoms with Crippen LogP contribution in [0.2, 0.25) is 0 Å². The Morgan fingerprint density at radius 1 is 1.38 bits per heavy atom. The lowest BCUT2D eigenvalue weighted by Crippen LogP contribution is -2.22. The van der Waals surface area contributed by atoms with Crippen LogP contribution in [0.15, 0.2) is 18.2 Å². The molecule has 1 aromatic rings. The van der Waals surface area contributed by atoms with Gasteiger partial charge in [0, 0.05) is 5.92 Å². The molecule has 1 unspecified atom stereocenters. The standard InChI is InChI=1S/C12H13BrF2O/c1-7(2)12(16)10(13)6-8-5-9(14)3-4-11(8)15/h3-5,7,10H,6H2,1-2H3. The van der Waals surface area contributed by atoms with Crippen LogP contribution in [0.25, 0.3) is 0 Å². The number of hydrogen-bond donors (Lipinski definition) is 0. The van der Waals surface area contributed by atoms with Gasteiger partial charge in [-0.3, -0.25) is 4.79 Å². The molecule has 1 aromatic carbocycles. The summed E-state index contributed by atoms with van der Waals surface area (Å²) in [5.41, 5.74) is 0.218. The first-order valence-electron chi connectivity index (χ1n) is 5.03. The van der Waals surface area contributed by atoms with Crippen LogP contribution >= 0.6 is 15.9 Å². The van der Waals surface area contributed by atoms with Gasteiger partial charge in [0.25, 0.3) is 0 Å². The fourth-order valence-corrected chi connectivity index (χ4v) is 2.23. The Bertz CT molecular complexity index is 391. The minimum atomic E-state index is -0.493. The lowest BCUT2D eigenvalue weighted by atomic mass is 10.0. The van der Waals surface area contributed by atoms with E-state index >= 15 is 0 Å². The maximum Gasteiger partial charge on any atom is 0.149 e. The molecule has 0 radical (unpaired) electrons. The molecule has 0 N–H and O–H groups in total. The second-order valence-electron chi connectivity index (χ2n) is 3.96. The lowest BCUT2D eigenvalue weighted by Gasteiger charge is -2.12. The van der Waals surface area contributed by atoms with Gasteiger partial charge in [0.1, 0.15) is 17.4 Å². The van der Waals surface area contributed by atoms with Crippen molar-refractivity contribution in [3.63, 3.8) is 0 Å². The Morgan fingerprint density at radius 3 is 2.56 bits per heavy atom. The zero-order valence-electron chi connectivity index (χ0n) is 9.14. The average molecular weight is 291 g/mol. The maximum atomic E-state index is 13.3. The van der Waals surface area contributed by atoms with E-state index in [1.165, 1.54) is 0 Å². The van der Waals surface area contributed by atoms with Gasteiger partial charge >= 0.3 is 0 Å². The fraction of sp³-hybridized carbons (Fsp3) is 0.417. The minimum absolute atomic E-state index is 0.0105. The van der Waals surface area contributed by atoms with E-state index in [0.717, 1.165) is 18.2 Å². The molecule has 0 aliphatic heterocycles. The van der Waals surface area contributed by atoms with E-state index in [4.69, 9.17) is 0 Å². The largest absolute Gasteiger partial charge is 0.298 e. The molecule has 0 amide bonds. The Balaban J connectivity index is 2.80. The van der Waals surface area contributed by atoms with E-state index < -0.39 is 16.5 Å². The minimum Gasteiger partial charge on any atom is -0.298 e. The molecular weight excluding hydrogens is 278 g/mol. The number of ketones is 1. The third-order valence-electron chi connectivity index (χ3n) is 2.28. The van der Waals surface area contributed by atoms with Crippen LogP contribution in [-0.4, -0.2) is 10.6 Å². The summed E-state index contributed by atoms with van der Waals surface area (Å²) in [7, 11) is 0. The number of Topliss-reactive ketones (excluding diaryl/α,β-unsaturated/α-hetero) is 1. The molecule has 0 saturated heterocycles. The van der Waals surface area contributed by atoms with E-state index in [1.807, 2.05) is 0 Å². The van der Waals surface area contributed by atoms with Gasteiger partial charge in [0.2, 0.25) is 0 Å². The van der Waals surface area contributed by atoms with Crippen LogP contribution in [0, 0.1) is 17.6 Å². The van der Waals surface area contributed by atoms with Crippen molar-refractivity contribution in [2.24, 2.45) is 5.92 Å². The van der Waals surface area contributed by atoms with Gasteiger partial charge in [-0.25, -0.2) is 8.78 Å². The van der Waals surface area contributed by atoms with Gasteiger partial charge in [-0.05, 0) is 30.2 Å². The van der Waals surface area contributed by atoms with E-state index in [-0.39, 0.29) is 23.7 Å². The van der Waals surface area contributed by atoms with Crippen molar-refractivity contribution in [1.82, 2.24) is 0 Å². The highest BCUT2D eigenvalue weighted by atomic mass is 79.9. The predicted octanol–water partition coefficient (Wildman–Crippen LogP) is 3.50. The topological polar surface area (TPSA) is 17.1 Å². The van der Waals surface area contributed by atoms with Crippen LogP contribution in [0.5, 0.6) is 0 Å². The van der Waals surface area contributed by atoms with Gasteiger partial charge < -0.3 is 0 Å². The SMILES string of the molecule is CC(C)C(=O)C(Br)Cc1cc(F)ccc1F. The number of hydrogen-bond acceptors (Lipinski definition) is 1.